The lowest BCUT2D eigenvalue weighted by molar-refractivity contribution is -0.116. The van der Waals surface area contributed by atoms with Gasteiger partial charge in [0.1, 0.15) is 6.54 Å². The Labute approximate surface area is 111 Å². The molecule has 4 nitrogen and oxygen atoms in total. The van der Waals surface area contributed by atoms with Crippen molar-refractivity contribution in [3.8, 4) is 0 Å². The maximum absolute atomic E-state index is 11.9. The summed E-state index contributed by atoms with van der Waals surface area (Å²) in [5.74, 6) is -0.122. The molecule has 5 heteroatoms. The number of carbonyl (C=O) groups excluding carboxylic acids is 1. The van der Waals surface area contributed by atoms with Crippen LogP contribution in [0.3, 0.4) is 0 Å². The van der Waals surface area contributed by atoms with Gasteiger partial charge in [-0.15, -0.1) is 0 Å². The van der Waals surface area contributed by atoms with Crippen LogP contribution in [0.5, 0.6) is 0 Å². The van der Waals surface area contributed by atoms with Crippen LogP contribution in [-0.4, -0.2) is 15.5 Å². The van der Waals surface area contributed by atoms with E-state index in [2.05, 4.69) is 10.3 Å². The summed E-state index contributed by atoms with van der Waals surface area (Å²) in [5.41, 5.74) is 3.05. The van der Waals surface area contributed by atoms with Gasteiger partial charge in [-0.25, -0.2) is 4.98 Å². The fraction of sp³-hybridized carbons (Fsp3) is 0.231. The fourth-order valence-electron chi connectivity index (χ4n) is 1.66. The summed E-state index contributed by atoms with van der Waals surface area (Å²) in [6, 6.07) is 5.82. The maximum Gasteiger partial charge on any atom is 0.244 e. The minimum absolute atomic E-state index is 0.122. The van der Waals surface area contributed by atoms with Gasteiger partial charge in [0.15, 0.2) is 0 Å². The van der Waals surface area contributed by atoms with Gasteiger partial charge in [-0.05, 0) is 42.6 Å². The summed E-state index contributed by atoms with van der Waals surface area (Å²) in [4.78, 5) is 15.7. The van der Waals surface area contributed by atoms with Crippen molar-refractivity contribution in [3.63, 3.8) is 0 Å². The Balaban J connectivity index is 2.08. The molecule has 1 amide bonds. The predicted molar refractivity (Wildman–Crippen MR) is 71.8 cm³/mol. The van der Waals surface area contributed by atoms with Gasteiger partial charge in [0.05, 0.1) is 0 Å². The molecule has 0 bridgehead atoms. The maximum atomic E-state index is 11.9. The van der Waals surface area contributed by atoms with Gasteiger partial charge in [-0.1, -0.05) is 12.1 Å². The van der Waals surface area contributed by atoms with E-state index in [0.717, 1.165) is 16.8 Å². The normalized spacial score (nSPS) is 10.4. The van der Waals surface area contributed by atoms with Crippen molar-refractivity contribution in [2.24, 2.45) is 0 Å². The lowest BCUT2D eigenvalue weighted by Gasteiger charge is -2.10. The second-order valence-corrected chi connectivity index (χ2v) is 4.46. The first-order valence-corrected chi connectivity index (χ1v) is 5.98. The first kappa shape index (κ1) is 12.6. The summed E-state index contributed by atoms with van der Waals surface area (Å²) in [7, 11) is 0. The lowest BCUT2D eigenvalue weighted by Crippen LogP contribution is -2.19. The van der Waals surface area contributed by atoms with E-state index in [1.54, 1.807) is 17.0 Å². The quantitative estimate of drug-likeness (QED) is 0.926. The second-order valence-electron chi connectivity index (χ2n) is 4.12. The largest absolute Gasteiger partial charge is 0.324 e. The zero-order valence-corrected chi connectivity index (χ0v) is 11.0. The van der Waals surface area contributed by atoms with E-state index in [9.17, 15) is 4.79 Å². The molecule has 0 saturated carbocycles. The predicted octanol–water partition coefficient (Wildman–Crippen LogP) is 2.79. The van der Waals surface area contributed by atoms with Crippen LogP contribution >= 0.6 is 11.6 Å². The van der Waals surface area contributed by atoms with Crippen LogP contribution in [-0.2, 0) is 11.3 Å². The zero-order chi connectivity index (χ0) is 13.1. The molecule has 18 heavy (non-hydrogen) atoms. The Morgan fingerprint density at radius 3 is 2.89 bits per heavy atom. The van der Waals surface area contributed by atoms with Crippen LogP contribution in [0.1, 0.15) is 11.1 Å². The van der Waals surface area contributed by atoms with E-state index in [0.29, 0.717) is 5.28 Å². The monoisotopic (exact) mass is 263 g/mol. The number of halogens is 1. The molecule has 2 rings (SSSR count). The average molecular weight is 264 g/mol. The molecular formula is C13H14ClN3O. The number of nitrogens with one attached hydrogen (secondary N) is 1. The van der Waals surface area contributed by atoms with E-state index in [1.165, 1.54) is 0 Å². The van der Waals surface area contributed by atoms with Crippen LogP contribution in [0.25, 0.3) is 0 Å². The van der Waals surface area contributed by atoms with Crippen molar-refractivity contribution in [1.82, 2.24) is 9.55 Å². The Morgan fingerprint density at radius 1 is 1.44 bits per heavy atom. The van der Waals surface area contributed by atoms with E-state index in [-0.39, 0.29) is 12.5 Å². The first-order chi connectivity index (χ1) is 8.58. The summed E-state index contributed by atoms with van der Waals surface area (Å²) in [6.07, 6.45) is 3.23. The van der Waals surface area contributed by atoms with Crippen molar-refractivity contribution in [2.75, 3.05) is 5.32 Å². The molecule has 2 aromatic rings. The number of aromatic nitrogens is 2. The summed E-state index contributed by atoms with van der Waals surface area (Å²) in [6.45, 7) is 4.15. The highest BCUT2D eigenvalue weighted by Crippen LogP contribution is 2.18. The molecule has 94 valence electrons. The van der Waals surface area contributed by atoms with Crippen molar-refractivity contribution in [3.05, 3.63) is 47.0 Å². The van der Waals surface area contributed by atoms with Gasteiger partial charge in [0.25, 0.3) is 0 Å². The number of amides is 1. The van der Waals surface area contributed by atoms with Crippen LogP contribution < -0.4 is 5.32 Å². The third kappa shape index (κ3) is 2.71. The highest BCUT2D eigenvalue weighted by Gasteiger charge is 2.08. The number of anilines is 1. The Morgan fingerprint density at radius 2 is 2.22 bits per heavy atom. The fourth-order valence-corrected chi connectivity index (χ4v) is 1.83. The van der Waals surface area contributed by atoms with Gasteiger partial charge in [0, 0.05) is 18.1 Å². The standard InChI is InChI=1S/C13H14ClN3O/c1-9-4-3-5-11(10(9)2)16-12(18)8-17-7-6-15-13(17)14/h3-7H,8H2,1-2H3,(H,16,18). The van der Waals surface area contributed by atoms with Gasteiger partial charge in [0.2, 0.25) is 11.2 Å². The molecule has 0 aliphatic heterocycles. The molecule has 1 aromatic carbocycles. The van der Waals surface area contributed by atoms with Crippen LogP contribution in [0.15, 0.2) is 30.6 Å². The number of hydrogen-bond donors (Lipinski definition) is 1. The number of nitrogens with zero attached hydrogens (tertiary/aromatic N) is 2. The molecule has 0 aliphatic carbocycles. The average Bonchev–Trinajstić information content (AvgIpc) is 2.71. The molecule has 1 N–H and O–H groups in total. The minimum Gasteiger partial charge on any atom is -0.324 e. The van der Waals surface area contributed by atoms with Crippen LogP contribution in [0.4, 0.5) is 5.69 Å². The number of aryl methyl sites for hydroxylation is 1. The highest BCUT2D eigenvalue weighted by molar-refractivity contribution is 6.28. The van der Waals surface area contributed by atoms with Crippen molar-refractivity contribution < 1.29 is 4.79 Å². The smallest absolute Gasteiger partial charge is 0.244 e. The number of benzene rings is 1. The molecule has 0 spiro atoms. The molecule has 0 atom stereocenters. The van der Waals surface area contributed by atoms with E-state index in [4.69, 9.17) is 11.6 Å². The van der Waals surface area contributed by atoms with Crippen LogP contribution in [0, 0.1) is 13.8 Å². The molecule has 0 fully saturated rings. The molecule has 0 saturated heterocycles. The van der Waals surface area contributed by atoms with Crippen molar-refractivity contribution in [2.45, 2.75) is 20.4 Å². The first-order valence-electron chi connectivity index (χ1n) is 5.60. The third-order valence-corrected chi connectivity index (χ3v) is 3.17. The van der Waals surface area contributed by atoms with Crippen molar-refractivity contribution in [1.29, 1.82) is 0 Å². The van der Waals surface area contributed by atoms with E-state index in [1.807, 2.05) is 32.0 Å². The summed E-state index contributed by atoms with van der Waals surface area (Å²) >= 11 is 5.82. The van der Waals surface area contributed by atoms with Gasteiger partial charge in [-0.3, -0.25) is 4.79 Å². The Hall–Kier alpha value is -1.81. The lowest BCUT2D eigenvalue weighted by atomic mass is 10.1. The van der Waals surface area contributed by atoms with Gasteiger partial charge < -0.3 is 9.88 Å². The van der Waals surface area contributed by atoms with Crippen LogP contribution in [0.2, 0.25) is 5.28 Å². The second kappa shape index (κ2) is 5.23. The topological polar surface area (TPSA) is 46.9 Å². The van der Waals surface area contributed by atoms with Crippen molar-refractivity contribution >= 4 is 23.2 Å². The van der Waals surface area contributed by atoms with E-state index < -0.39 is 0 Å². The molecular weight excluding hydrogens is 250 g/mol. The Bertz CT molecular complexity index is 577. The number of carbonyl (C=O) groups is 1. The summed E-state index contributed by atoms with van der Waals surface area (Å²) in [5, 5.41) is 3.18. The number of hydrogen-bond acceptors (Lipinski definition) is 2. The van der Waals surface area contributed by atoms with Gasteiger partial charge >= 0.3 is 0 Å². The molecule has 1 aromatic heterocycles. The zero-order valence-electron chi connectivity index (χ0n) is 10.3. The minimum atomic E-state index is -0.122. The highest BCUT2D eigenvalue weighted by atomic mass is 35.5. The van der Waals surface area contributed by atoms with E-state index >= 15 is 0 Å². The third-order valence-electron chi connectivity index (χ3n) is 2.86. The Kier molecular flexibility index (Phi) is 3.67. The number of rotatable bonds is 3. The van der Waals surface area contributed by atoms with Gasteiger partial charge in [-0.2, -0.15) is 0 Å². The molecule has 0 aliphatic rings. The molecule has 0 unspecified atom stereocenters. The number of imidazole rings is 1. The summed E-state index contributed by atoms with van der Waals surface area (Å²) < 4.78 is 1.59. The molecule has 0 radical (unpaired) electrons. The molecule has 1 heterocycles. The SMILES string of the molecule is Cc1cccc(NC(=O)Cn2ccnc2Cl)c1C.